The van der Waals surface area contributed by atoms with Crippen LogP contribution in [0.25, 0.3) is 0 Å². The molecule has 152 valence electrons. The number of allylic oxidation sites excluding steroid dienone is 4. The molecule has 0 aliphatic heterocycles. The Morgan fingerprint density at radius 1 is 0.654 bits per heavy atom. The van der Waals surface area contributed by atoms with Crippen molar-refractivity contribution in [3.8, 4) is 0 Å². The van der Waals surface area contributed by atoms with E-state index in [-0.39, 0.29) is 0 Å². The minimum absolute atomic E-state index is 0.361. The van der Waals surface area contributed by atoms with Crippen molar-refractivity contribution in [1.82, 2.24) is 4.90 Å². The van der Waals surface area contributed by atoms with Gasteiger partial charge in [-0.3, -0.25) is 4.79 Å². The summed E-state index contributed by atoms with van der Waals surface area (Å²) in [5, 5.41) is 0. The lowest BCUT2D eigenvalue weighted by molar-refractivity contribution is -0.131. The van der Waals surface area contributed by atoms with Crippen LogP contribution in [0.3, 0.4) is 0 Å². The van der Waals surface area contributed by atoms with Crippen LogP contribution in [-0.2, 0) is 4.79 Å². The zero-order valence-electron chi connectivity index (χ0n) is 18.0. The van der Waals surface area contributed by atoms with Crippen LogP contribution in [0, 0.1) is 0 Å². The molecule has 2 heteroatoms. The molecule has 0 fully saturated rings. The molecule has 0 aliphatic rings. The largest absolute Gasteiger partial charge is 0.343 e. The molecule has 0 unspecified atom stereocenters. The van der Waals surface area contributed by atoms with Crippen molar-refractivity contribution in [2.45, 2.75) is 111 Å². The monoisotopic (exact) mass is 363 g/mol. The molecule has 2 nitrogen and oxygen atoms in total. The Bertz CT molecular complexity index is 353. The molecule has 0 radical (unpaired) electrons. The smallest absolute Gasteiger partial charge is 0.222 e. The van der Waals surface area contributed by atoms with Gasteiger partial charge < -0.3 is 4.90 Å². The first-order valence-corrected chi connectivity index (χ1v) is 11.3. The van der Waals surface area contributed by atoms with E-state index >= 15 is 0 Å². The van der Waals surface area contributed by atoms with Crippen molar-refractivity contribution in [3.05, 3.63) is 24.3 Å². The molecule has 0 aliphatic carbocycles. The number of carbonyl (C=O) groups is 1. The second-order valence-electron chi connectivity index (χ2n) is 7.36. The van der Waals surface area contributed by atoms with Gasteiger partial charge >= 0.3 is 0 Å². The van der Waals surface area contributed by atoms with Crippen LogP contribution in [-0.4, -0.2) is 23.9 Å². The van der Waals surface area contributed by atoms with Gasteiger partial charge in [-0.1, -0.05) is 77.2 Å². The number of hydrogen-bond donors (Lipinski definition) is 0. The molecule has 0 heterocycles. The standard InChI is InChI=1S/C24H45NO/c1-4-7-8-9-10-11-12-13-14-15-16-17-18-19-20-21-24(26)25(22-5-2)23-6-3/h10-11,13-14H,4-9,12,15-23H2,1-3H3/b11-10-,14-13-. The fraction of sp³-hybridized carbons (Fsp3) is 0.792. The third-order valence-corrected chi connectivity index (χ3v) is 4.68. The zero-order chi connectivity index (χ0) is 19.3. The number of unbranched alkanes of at least 4 members (excludes halogenated alkanes) is 8. The fourth-order valence-corrected chi connectivity index (χ4v) is 3.15. The van der Waals surface area contributed by atoms with E-state index in [2.05, 4.69) is 45.1 Å². The summed E-state index contributed by atoms with van der Waals surface area (Å²) in [5.41, 5.74) is 0. The summed E-state index contributed by atoms with van der Waals surface area (Å²) in [5.74, 6) is 0.361. The van der Waals surface area contributed by atoms with Crippen LogP contribution in [0.2, 0.25) is 0 Å². The highest BCUT2D eigenvalue weighted by molar-refractivity contribution is 5.76. The maximum Gasteiger partial charge on any atom is 0.222 e. The molecule has 0 bridgehead atoms. The maximum absolute atomic E-state index is 12.2. The molecule has 0 N–H and O–H groups in total. The first kappa shape index (κ1) is 24.9. The molecule has 0 aromatic heterocycles. The Balaban J connectivity index is 3.47. The summed E-state index contributed by atoms with van der Waals surface area (Å²) in [6.45, 7) is 8.39. The second kappa shape index (κ2) is 20.3. The van der Waals surface area contributed by atoms with E-state index in [1.54, 1.807) is 0 Å². The van der Waals surface area contributed by atoms with Gasteiger partial charge in [0.15, 0.2) is 0 Å². The normalized spacial score (nSPS) is 11.7. The van der Waals surface area contributed by atoms with E-state index in [0.717, 1.165) is 45.2 Å². The average molecular weight is 364 g/mol. The first-order chi connectivity index (χ1) is 12.8. The topological polar surface area (TPSA) is 20.3 Å². The number of nitrogens with zero attached hydrogens (tertiary/aromatic N) is 1. The lowest BCUT2D eigenvalue weighted by Crippen LogP contribution is -2.32. The van der Waals surface area contributed by atoms with E-state index < -0.39 is 0 Å². The fourth-order valence-electron chi connectivity index (χ4n) is 3.15. The molecule has 0 aromatic rings. The number of carbonyl (C=O) groups excluding carboxylic acids is 1. The third-order valence-electron chi connectivity index (χ3n) is 4.68. The van der Waals surface area contributed by atoms with E-state index in [9.17, 15) is 4.79 Å². The Morgan fingerprint density at radius 3 is 1.77 bits per heavy atom. The van der Waals surface area contributed by atoms with E-state index in [1.807, 2.05) is 4.90 Å². The van der Waals surface area contributed by atoms with Gasteiger partial charge in [0.05, 0.1) is 0 Å². The quantitative estimate of drug-likeness (QED) is 0.183. The van der Waals surface area contributed by atoms with Gasteiger partial charge in [0.25, 0.3) is 0 Å². The molecule has 0 aromatic carbocycles. The third kappa shape index (κ3) is 16.4. The minimum atomic E-state index is 0.361. The highest BCUT2D eigenvalue weighted by Crippen LogP contribution is 2.10. The SMILES string of the molecule is CCCCC/C=C\C/C=C\CCCCCCCC(=O)N(CCC)CCC. The highest BCUT2D eigenvalue weighted by atomic mass is 16.2. The number of hydrogen-bond acceptors (Lipinski definition) is 1. The summed E-state index contributed by atoms with van der Waals surface area (Å²) in [6, 6.07) is 0. The first-order valence-electron chi connectivity index (χ1n) is 11.3. The van der Waals surface area contributed by atoms with Crippen LogP contribution in [0.4, 0.5) is 0 Å². The lowest BCUT2D eigenvalue weighted by Gasteiger charge is -2.21. The van der Waals surface area contributed by atoms with Crippen molar-refractivity contribution in [2.75, 3.05) is 13.1 Å². The van der Waals surface area contributed by atoms with Gasteiger partial charge in [-0.2, -0.15) is 0 Å². The van der Waals surface area contributed by atoms with Crippen molar-refractivity contribution >= 4 is 5.91 Å². The van der Waals surface area contributed by atoms with Gasteiger partial charge in [0.1, 0.15) is 0 Å². The summed E-state index contributed by atoms with van der Waals surface area (Å²) in [6.07, 6.45) is 25.7. The lowest BCUT2D eigenvalue weighted by atomic mass is 10.1. The minimum Gasteiger partial charge on any atom is -0.343 e. The summed E-state index contributed by atoms with van der Waals surface area (Å²) < 4.78 is 0. The van der Waals surface area contributed by atoms with Gasteiger partial charge in [0, 0.05) is 19.5 Å². The summed E-state index contributed by atoms with van der Waals surface area (Å²) >= 11 is 0. The van der Waals surface area contributed by atoms with E-state index in [4.69, 9.17) is 0 Å². The van der Waals surface area contributed by atoms with Crippen molar-refractivity contribution in [1.29, 1.82) is 0 Å². The van der Waals surface area contributed by atoms with Gasteiger partial charge in [-0.15, -0.1) is 0 Å². The second-order valence-corrected chi connectivity index (χ2v) is 7.36. The van der Waals surface area contributed by atoms with E-state index in [1.165, 1.54) is 57.8 Å². The molecule has 0 rings (SSSR count). The van der Waals surface area contributed by atoms with Crippen LogP contribution < -0.4 is 0 Å². The maximum atomic E-state index is 12.2. The van der Waals surface area contributed by atoms with Gasteiger partial charge in [-0.25, -0.2) is 0 Å². The molecule has 0 saturated carbocycles. The predicted octanol–water partition coefficient (Wildman–Crippen LogP) is 7.45. The highest BCUT2D eigenvalue weighted by Gasteiger charge is 2.10. The van der Waals surface area contributed by atoms with Gasteiger partial charge in [-0.05, 0) is 51.4 Å². The predicted molar refractivity (Wildman–Crippen MR) is 117 cm³/mol. The molecule has 0 atom stereocenters. The van der Waals surface area contributed by atoms with Crippen molar-refractivity contribution in [3.63, 3.8) is 0 Å². The molecular weight excluding hydrogens is 318 g/mol. The Hall–Kier alpha value is -1.05. The van der Waals surface area contributed by atoms with Crippen LogP contribution in [0.15, 0.2) is 24.3 Å². The van der Waals surface area contributed by atoms with Crippen LogP contribution in [0.5, 0.6) is 0 Å². The molecule has 0 spiro atoms. The van der Waals surface area contributed by atoms with E-state index in [0.29, 0.717) is 5.91 Å². The number of rotatable bonds is 18. The molecule has 1 amide bonds. The summed E-state index contributed by atoms with van der Waals surface area (Å²) in [7, 11) is 0. The average Bonchev–Trinajstić information content (AvgIpc) is 2.64. The molecule has 0 saturated heterocycles. The van der Waals surface area contributed by atoms with Crippen LogP contribution in [0.1, 0.15) is 111 Å². The molecular formula is C24H45NO. The van der Waals surface area contributed by atoms with Crippen LogP contribution >= 0.6 is 0 Å². The van der Waals surface area contributed by atoms with Crippen molar-refractivity contribution in [2.24, 2.45) is 0 Å². The zero-order valence-corrected chi connectivity index (χ0v) is 18.0. The Labute approximate surface area is 164 Å². The van der Waals surface area contributed by atoms with Crippen molar-refractivity contribution < 1.29 is 4.79 Å². The van der Waals surface area contributed by atoms with Gasteiger partial charge in [0.2, 0.25) is 5.91 Å². The number of amides is 1. The Morgan fingerprint density at radius 2 is 1.19 bits per heavy atom. The summed E-state index contributed by atoms with van der Waals surface area (Å²) in [4.78, 5) is 14.2. The molecule has 26 heavy (non-hydrogen) atoms. The Kier molecular flexibility index (Phi) is 19.4.